The molecule has 0 saturated heterocycles. The number of anilines is 1. The lowest BCUT2D eigenvalue weighted by Gasteiger charge is -2.10. The summed E-state index contributed by atoms with van der Waals surface area (Å²) in [5, 5.41) is 10.4. The third kappa shape index (κ3) is 5.66. The quantitative estimate of drug-likeness (QED) is 0.421. The van der Waals surface area contributed by atoms with Gasteiger partial charge in [-0.15, -0.1) is 0 Å². The van der Waals surface area contributed by atoms with Gasteiger partial charge in [-0.2, -0.15) is 9.83 Å². The van der Waals surface area contributed by atoms with Gasteiger partial charge in [0.2, 0.25) is 5.88 Å². The van der Waals surface area contributed by atoms with Crippen LogP contribution in [0.4, 0.5) is 10.6 Å². The highest BCUT2D eigenvalue weighted by Gasteiger charge is 2.12. The maximum Gasteiger partial charge on any atom is 0.437 e. The molecule has 1 aromatic carbocycles. The summed E-state index contributed by atoms with van der Waals surface area (Å²) in [6.07, 6.45) is 3.35. The molecule has 0 atom stereocenters. The van der Waals surface area contributed by atoms with Crippen molar-refractivity contribution in [1.82, 2.24) is 29.8 Å². The highest BCUT2D eigenvalue weighted by molar-refractivity contribution is 5.86. The predicted octanol–water partition coefficient (Wildman–Crippen LogP) is 3.83. The van der Waals surface area contributed by atoms with Crippen molar-refractivity contribution in [2.24, 2.45) is 0 Å². The lowest BCUT2D eigenvalue weighted by atomic mass is 10.1. The summed E-state index contributed by atoms with van der Waals surface area (Å²) in [6.45, 7) is 4.96. The molecule has 0 unspecified atom stereocenters. The number of hydrogen-bond acceptors (Lipinski definition) is 7. The molecule has 3 heterocycles. The van der Waals surface area contributed by atoms with Crippen molar-refractivity contribution in [3.63, 3.8) is 0 Å². The summed E-state index contributed by atoms with van der Waals surface area (Å²) in [6, 6.07) is 10.9. The first-order valence-corrected chi connectivity index (χ1v) is 10.7. The van der Waals surface area contributed by atoms with Crippen LogP contribution in [-0.4, -0.2) is 56.5 Å². The fourth-order valence-electron chi connectivity index (χ4n) is 3.18. The maximum atomic E-state index is 12.3. The molecule has 1 amide bonds. The van der Waals surface area contributed by atoms with Crippen LogP contribution in [-0.2, 0) is 6.42 Å². The van der Waals surface area contributed by atoms with Gasteiger partial charge in [0.15, 0.2) is 5.82 Å². The minimum absolute atomic E-state index is 0.279. The molecule has 2 N–H and O–H groups in total. The molecule has 4 aromatic rings. The molecule has 0 fully saturated rings. The Morgan fingerprint density at radius 3 is 2.79 bits per heavy atom. The minimum atomic E-state index is -0.638. The molecule has 3 aromatic heterocycles. The Morgan fingerprint density at radius 1 is 1.18 bits per heavy atom. The van der Waals surface area contributed by atoms with Crippen molar-refractivity contribution in [3.05, 3.63) is 60.3 Å². The third-order valence-electron chi connectivity index (χ3n) is 4.99. The summed E-state index contributed by atoms with van der Waals surface area (Å²) in [5.74, 6) is 1.79. The number of benzene rings is 1. The van der Waals surface area contributed by atoms with E-state index in [-0.39, 0.29) is 5.92 Å². The summed E-state index contributed by atoms with van der Waals surface area (Å²) in [5.41, 5.74) is 2.56. The Morgan fingerprint density at radius 2 is 2.03 bits per heavy atom. The first-order valence-electron chi connectivity index (χ1n) is 10.7. The van der Waals surface area contributed by atoms with E-state index in [9.17, 15) is 4.79 Å². The zero-order valence-electron chi connectivity index (χ0n) is 19.1. The first-order chi connectivity index (χ1) is 15.9. The molecule has 0 aliphatic heterocycles. The molecule has 0 bridgehead atoms. The number of nitrogens with one attached hydrogen (secondary N) is 2. The molecular weight excluding hydrogens is 422 g/mol. The molecule has 0 saturated carbocycles. The molecule has 0 spiro atoms. The Kier molecular flexibility index (Phi) is 6.55. The number of likely N-dealkylation sites (N-methyl/N-ethyl adjacent to an activating group) is 1. The fourth-order valence-corrected chi connectivity index (χ4v) is 3.18. The van der Waals surface area contributed by atoms with Gasteiger partial charge >= 0.3 is 6.09 Å². The predicted molar refractivity (Wildman–Crippen MR) is 125 cm³/mol. The minimum Gasteiger partial charge on any atom is -0.439 e. The SMILES string of the molecule is CC(C)c1cc(NC(=O)On2ccc3cc(Oc4cc(CCN(C)C)ncn4)ccc32)n[nH]1. The molecule has 0 aliphatic rings. The average Bonchev–Trinajstić information content (AvgIpc) is 3.40. The molecule has 33 heavy (non-hydrogen) atoms. The van der Waals surface area contributed by atoms with Gasteiger partial charge in [0.25, 0.3) is 0 Å². The normalized spacial score (nSPS) is 11.3. The van der Waals surface area contributed by atoms with Gasteiger partial charge in [-0.1, -0.05) is 13.8 Å². The molecule has 4 rings (SSSR count). The van der Waals surface area contributed by atoms with Gasteiger partial charge in [-0.25, -0.2) is 14.8 Å². The third-order valence-corrected chi connectivity index (χ3v) is 4.99. The second-order valence-electron chi connectivity index (χ2n) is 8.23. The van der Waals surface area contributed by atoms with Crippen LogP contribution in [0.5, 0.6) is 11.6 Å². The first kappa shape index (κ1) is 22.3. The van der Waals surface area contributed by atoms with E-state index >= 15 is 0 Å². The second-order valence-corrected chi connectivity index (χ2v) is 8.23. The summed E-state index contributed by atoms with van der Waals surface area (Å²) in [4.78, 5) is 28.3. The number of aromatic nitrogens is 5. The number of H-pyrrole nitrogens is 1. The molecular formula is C23H27N7O3. The molecule has 172 valence electrons. The zero-order valence-corrected chi connectivity index (χ0v) is 19.1. The van der Waals surface area contributed by atoms with Gasteiger partial charge in [0.05, 0.1) is 5.52 Å². The zero-order chi connectivity index (χ0) is 23.4. The summed E-state index contributed by atoms with van der Waals surface area (Å²) >= 11 is 0. The smallest absolute Gasteiger partial charge is 0.437 e. The van der Waals surface area contributed by atoms with Crippen molar-refractivity contribution >= 4 is 22.8 Å². The van der Waals surface area contributed by atoms with Gasteiger partial charge in [0, 0.05) is 48.1 Å². The summed E-state index contributed by atoms with van der Waals surface area (Å²) in [7, 11) is 4.04. The van der Waals surface area contributed by atoms with Crippen LogP contribution in [0.2, 0.25) is 0 Å². The lowest BCUT2D eigenvalue weighted by Crippen LogP contribution is -2.24. The number of carbonyl (C=O) groups is 1. The van der Waals surface area contributed by atoms with E-state index in [4.69, 9.17) is 9.57 Å². The standard InChI is InChI=1S/C23H27N7O3/c1-15(2)19-13-21(28-27-19)26-23(31)33-30-10-7-16-11-18(5-6-20(16)30)32-22-12-17(24-14-25-22)8-9-29(3)4/h5-7,10-15H,8-9H2,1-4H3,(H2,26,27,28,31). The van der Waals surface area contributed by atoms with E-state index in [2.05, 4.69) is 30.4 Å². The van der Waals surface area contributed by atoms with Crippen LogP contribution in [0.3, 0.4) is 0 Å². The Labute approximate surface area is 191 Å². The van der Waals surface area contributed by atoms with Gasteiger partial charge in [-0.3, -0.25) is 10.4 Å². The van der Waals surface area contributed by atoms with E-state index in [0.29, 0.717) is 17.4 Å². The van der Waals surface area contributed by atoms with Crippen LogP contribution < -0.4 is 14.9 Å². The largest absolute Gasteiger partial charge is 0.439 e. The van der Waals surface area contributed by atoms with E-state index in [1.54, 1.807) is 18.3 Å². The van der Waals surface area contributed by atoms with Crippen molar-refractivity contribution in [1.29, 1.82) is 0 Å². The topological polar surface area (TPSA) is 110 Å². The van der Waals surface area contributed by atoms with Crippen LogP contribution in [0.15, 0.2) is 48.9 Å². The number of aromatic amines is 1. The number of rotatable bonds is 8. The molecule has 10 nitrogen and oxygen atoms in total. The number of hydrogen-bond donors (Lipinski definition) is 2. The molecule has 10 heteroatoms. The van der Waals surface area contributed by atoms with Gasteiger partial charge in [0.1, 0.15) is 12.1 Å². The number of carbonyl (C=O) groups excluding carboxylic acids is 1. The highest BCUT2D eigenvalue weighted by Crippen LogP contribution is 2.25. The molecule has 0 aliphatic carbocycles. The average molecular weight is 450 g/mol. The number of amides is 1. The van der Waals surface area contributed by atoms with Crippen molar-refractivity contribution in [2.75, 3.05) is 26.0 Å². The van der Waals surface area contributed by atoms with Crippen LogP contribution in [0.1, 0.15) is 31.2 Å². The van der Waals surface area contributed by atoms with Gasteiger partial charge < -0.3 is 14.5 Å². The lowest BCUT2D eigenvalue weighted by molar-refractivity contribution is 0.153. The maximum absolute atomic E-state index is 12.3. The van der Waals surface area contributed by atoms with E-state index < -0.39 is 6.09 Å². The highest BCUT2D eigenvalue weighted by atomic mass is 16.7. The second kappa shape index (κ2) is 9.70. The Hall–Kier alpha value is -3.92. The monoisotopic (exact) mass is 449 g/mol. The Bertz CT molecular complexity index is 1250. The number of nitrogens with zero attached hydrogens (tertiary/aromatic N) is 5. The van der Waals surface area contributed by atoms with E-state index in [0.717, 1.165) is 35.3 Å². The fraction of sp³-hybridized carbons (Fsp3) is 0.304. The van der Waals surface area contributed by atoms with Crippen LogP contribution >= 0.6 is 0 Å². The number of fused-ring (bicyclic) bond motifs is 1. The number of ether oxygens (including phenoxy) is 1. The van der Waals surface area contributed by atoms with E-state index in [1.165, 1.54) is 11.1 Å². The van der Waals surface area contributed by atoms with Crippen molar-refractivity contribution in [3.8, 4) is 11.6 Å². The van der Waals surface area contributed by atoms with Crippen molar-refractivity contribution in [2.45, 2.75) is 26.2 Å². The van der Waals surface area contributed by atoms with Crippen molar-refractivity contribution < 1.29 is 14.4 Å². The summed E-state index contributed by atoms with van der Waals surface area (Å²) < 4.78 is 7.32. The Balaban J connectivity index is 1.42. The van der Waals surface area contributed by atoms with Crippen LogP contribution in [0.25, 0.3) is 10.9 Å². The molecule has 0 radical (unpaired) electrons. The van der Waals surface area contributed by atoms with Crippen LogP contribution in [0, 0.1) is 0 Å². The van der Waals surface area contributed by atoms with Gasteiger partial charge in [-0.05, 0) is 44.3 Å². The van der Waals surface area contributed by atoms with E-state index in [1.807, 2.05) is 52.2 Å².